The Morgan fingerprint density at radius 3 is 2.62 bits per heavy atom. The van der Waals surface area contributed by atoms with Gasteiger partial charge in [-0.05, 0) is 11.1 Å². The smallest absolute Gasteiger partial charge is 0.282 e. The van der Waals surface area contributed by atoms with Crippen molar-refractivity contribution in [2.45, 2.75) is 13.1 Å². The Labute approximate surface area is 146 Å². The van der Waals surface area contributed by atoms with Crippen molar-refractivity contribution in [2.75, 3.05) is 45.1 Å². The predicted octanol–water partition coefficient (Wildman–Crippen LogP) is 1.30. The summed E-state index contributed by atoms with van der Waals surface area (Å²) in [6.45, 7) is 5.61. The molecule has 3 rings (SSSR count). The molecule has 2 aliphatic heterocycles. The van der Waals surface area contributed by atoms with E-state index in [0.29, 0.717) is 13.1 Å². The van der Waals surface area contributed by atoms with Crippen LogP contribution in [0.3, 0.4) is 0 Å². The first-order valence-electron chi connectivity index (χ1n) is 8.27. The molecule has 1 aromatic carbocycles. The maximum atomic E-state index is 12.1. The fourth-order valence-corrected chi connectivity index (χ4v) is 3.70. The van der Waals surface area contributed by atoms with Gasteiger partial charge in [-0.1, -0.05) is 36.0 Å². The summed E-state index contributed by atoms with van der Waals surface area (Å²) in [4.78, 5) is 27.6. The number of nitrogens with zero attached hydrogens (tertiary/aromatic N) is 2. The third-order valence-corrected chi connectivity index (χ3v) is 5.16. The molecular weight excluding hydrogens is 326 g/mol. The van der Waals surface area contributed by atoms with Crippen LogP contribution in [0.1, 0.15) is 11.1 Å². The number of hydrogen-bond donors (Lipinski definition) is 1. The van der Waals surface area contributed by atoms with Gasteiger partial charge in [-0.2, -0.15) is 0 Å². The number of benzene rings is 1. The SMILES string of the molecule is O=C(CN1CCSC1=O)NCc1ccccc1CN1CCOCC1. The largest absolute Gasteiger partial charge is 0.379 e. The molecule has 0 spiro atoms. The van der Waals surface area contributed by atoms with Gasteiger partial charge in [0.25, 0.3) is 5.24 Å². The Morgan fingerprint density at radius 1 is 1.17 bits per heavy atom. The molecule has 2 amide bonds. The van der Waals surface area contributed by atoms with Crippen molar-refractivity contribution >= 4 is 22.9 Å². The molecule has 0 unspecified atom stereocenters. The number of carbonyl (C=O) groups excluding carboxylic acids is 2. The molecule has 2 aliphatic rings. The number of ether oxygens (including phenoxy) is 1. The molecule has 0 aromatic heterocycles. The quantitative estimate of drug-likeness (QED) is 0.839. The summed E-state index contributed by atoms with van der Waals surface area (Å²) in [5.74, 6) is 0.668. The average molecular weight is 349 g/mol. The molecule has 2 saturated heterocycles. The zero-order valence-corrected chi connectivity index (χ0v) is 14.5. The molecular formula is C17H23N3O3S. The van der Waals surface area contributed by atoms with Crippen molar-refractivity contribution in [3.8, 4) is 0 Å². The lowest BCUT2D eigenvalue weighted by Crippen LogP contribution is -2.37. The predicted molar refractivity (Wildman–Crippen MR) is 93.8 cm³/mol. The summed E-state index contributed by atoms with van der Waals surface area (Å²) >= 11 is 1.27. The van der Waals surface area contributed by atoms with E-state index in [4.69, 9.17) is 4.74 Å². The van der Waals surface area contributed by atoms with Crippen molar-refractivity contribution < 1.29 is 14.3 Å². The number of morpholine rings is 1. The van der Waals surface area contributed by atoms with Gasteiger partial charge in [0.15, 0.2) is 0 Å². The summed E-state index contributed by atoms with van der Waals surface area (Å²) in [5.41, 5.74) is 2.35. The number of rotatable bonds is 6. The van der Waals surface area contributed by atoms with Crippen molar-refractivity contribution in [2.24, 2.45) is 0 Å². The van der Waals surface area contributed by atoms with Crippen LogP contribution in [0.2, 0.25) is 0 Å². The highest BCUT2D eigenvalue weighted by Crippen LogP contribution is 2.16. The van der Waals surface area contributed by atoms with E-state index in [-0.39, 0.29) is 17.7 Å². The number of amides is 2. The molecule has 0 aliphatic carbocycles. The number of hydrogen-bond acceptors (Lipinski definition) is 5. The third kappa shape index (κ3) is 4.72. The third-order valence-electron chi connectivity index (χ3n) is 4.27. The van der Waals surface area contributed by atoms with E-state index in [1.54, 1.807) is 4.90 Å². The molecule has 1 aromatic rings. The second-order valence-electron chi connectivity index (χ2n) is 5.97. The number of thioether (sulfide) groups is 1. The number of nitrogens with one attached hydrogen (secondary N) is 1. The van der Waals surface area contributed by atoms with Gasteiger partial charge in [0.05, 0.1) is 13.2 Å². The summed E-state index contributed by atoms with van der Waals surface area (Å²) < 4.78 is 5.39. The first kappa shape index (κ1) is 17.3. The molecule has 24 heavy (non-hydrogen) atoms. The molecule has 0 bridgehead atoms. The highest BCUT2D eigenvalue weighted by molar-refractivity contribution is 8.13. The fraction of sp³-hybridized carbons (Fsp3) is 0.529. The van der Waals surface area contributed by atoms with Crippen LogP contribution in [-0.2, 0) is 22.6 Å². The minimum atomic E-state index is -0.105. The number of carbonyl (C=O) groups is 2. The zero-order chi connectivity index (χ0) is 16.8. The van der Waals surface area contributed by atoms with Gasteiger partial charge in [-0.3, -0.25) is 14.5 Å². The fourth-order valence-electron chi connectivity index (χ4n) is 2.88. The monoisotopic (exact) mass is 349 g/mol. The van der Waals surface area contributed by atoms with Gasteiger partial charge in [0, 0.05) is 38.5 Å². The Hall–Kier alpha value is -1.57. The lowest BCUT2D eigenvalue weighted by Gasteiger charge is -2.27. The zero-order valence-electron chi connectivity index (χ0n) is 13.7. The Morgan fingerprint density at radius 2 is 1.92 bits per heavy atom. The van der Waals surface area contributed by atoms with Crippen molar-refractivity contribution in [1.29, 1.82) is 0 Å². The summed E-state index contributed by atoms with van der Waals surface area (Å²) in [7, 11) is 0. The lowest BCUT2D eigenvalue weighted by atomic mass is 10.1. The molecule has 2 fully saturated rings. The van der Waals surface area contributed by atoms with Crippen LogP contribution in [0.4, 0.5) is 4.79 Å². The van der Waals surface area contributed by atoms with Crippen molar-refractivity contribution in [3.63, 3.8) is 0 Å². The highest BCUT2D eigenvalue weighted by Gasteiger charge is 2.23. The van der Waals surface area contributed by atoms with Gasteiger partial charge in [-0.15, -0.1) is 0 Å². The topological polar surface area (TPSA) is 61.9 Å². The van der Waals surface area contributed by atoms with Gasteiger partial charge < -0.3 is 15.0 Å². The van der Waals surface area contributed by atoms with Crippen LogP contribution in [-0.4, -0.2) is 66.1 Å². The van der Waals surface area contributed by atoms with Gasteiger partial charge in [0.2, 0.25) is 5.91 Å². The van der Waals surface area contributed by atoms with E-state index in [1.165, 1.54) is 17.3 Å². The molecule has 0 radical (unpaired) electrons. The standard InChI is InChI=1S/C17H23N3O3S/c21-16(13-20-7-10-24-17(20)22)18-11-14-3-1-2-4-15(14)12-19-5-8-23-9-6-19/h1-4H,5-13H2,(H,18,21). The van der Waals surface area contributed by atoms with E-state index in [0.717, 1.165) is 44.2 Å². The molecule has 0 saturated carbocycles. The first-order valence-corrected chi connectivity index (χ1v) is 9.26. The molecule has 7 heteroatoms. The van der Waals surface area contributed by atoms with Crippen LogP contribution in [0.15, 0.2) is 24.3 Å². The minimum absolute atomic E-state index is 0.00197. The van der Waals surface area contributed by atoms with Crippen molar-refractivity contribution in [1.82, 2.24) is 15.1 Å². The maximum Gasteiger partial charge on any atom is 0.282 e. The summed E-state index contributed by atoms with van der Waals surface area (Å²) in [6, 6.07) is 8.18. The second kappa shape index (κ2) is 8.50. The molecule has 130 valence electrons. The van der Waals surface area contributed by atoms with Gasteiger partial charge in [0.1, 0.15) is 6.54 Å². The van der Waals surface area contributed by atoms with E-state index >= 15 is 0 Å². The maximum absolute atomic E-state index is 12.1. The van der Waals surface area contributed by atoms with Crippen LogP contribution < -0.4 is 5.32 Å². The molecule has 0 atom stereocenters. The lowest BCUT2D eigenvalue weighted by molar-refractivity contribution is -0.121. The average Bonchev–Trinajstić information content (AvgIpc) is 3.00. The van der Waals surface area contributed by atoms with E-state index in [2.05, 4.69) is 16.3 Å². The summed E-state index contributed by atoms with van der Waals surface area (Å²) in [6.07, 6.45) is 0. The van der Waals surface area contributed by atoms with Crippen LogP contribution >= 0.6 is 11.8 Å². The Bertz CT molecular complexity index is 590. The van der Waals surface area contributed by atoms with E-state index in [9.17, 15) is 9.59 Å². The second-order valence-corrected chi connectivity index (χ2v) is 7.02. The molecule has 2 heterocycles. The van der Waals surface area contributed by atoms with Crippen molar-refractivity contribution in [3.05, 3.63) is 35.4 Å². The van der Waals surface area contributed by atoms with E-state index < -0.39 is 0 Å². The van der Waals surface area contributed by atoms with Gasteiger partial charge >= 0.3 is 0 Å². The Balaban J connectivity index is 1.52. The normalized spacial score (nSPS) is 18.8. The minimum Gasteiger partial charge on any atom is -0.379 e. The summed E-state index contributed by atoms with van der Waals surface area (Å²) in [5, 5.41) is 2.94. The van der Waals surface area contributed by atoms with Crippen LogP contribution in [0, 0.1) is 0 Å². The first-order chi connectivity index (χ1) is 11.7. The van der Waals surface area contributed by atoms with Crippen LogP contribution in [0.25, 0.3) is 0 Å². The van der Waals surface area contributed by atoms with E-state index in [1.807, 2.05) is 18.2 Å². The Kier molecular flexibility index (Phi) is 6.12. The molecule has 1 N–H and O–H groups in total. The van der Waals surface area contributed by atoms with Crippen LogP contribution in [0.5, 0.6) is 0 Å². The van der Waals surface area contributed by atoms with Gasteiger partial charge in [-0.25, -0.2) is 0 Å². The molecule has 6 nitrogen and oxygen atoms in total. The highest BCUT2D eigenvalue weighted by atomic mass is 32.2.